The summed E-state index contributed by atoms with van der Waals surface area (Å²) in [5.74, 6) is 0.226. The molecule has 1 fully saturated rings. The van der Waals surface area contributed by atoms with Crippen LogP contribution in [0.1, 0.15) is 34.6 Å². The van der Waals surface area contributed by atoms with Gasteiger partial charge in [0, 0.05) is 69.0 Å². The molecule has 29 heavy (non-hydrogen) atoms. The van der Waals surface area contributed by atoms with Gasteiger partial charge < -0.3 is 4.90 Å². The van der Waals surface area contributed by atoms with Crippen LogP contribution in [-0.4, -0.2) is 61.5 Å². The van der Waals surface area contributed by atoms with Crippen molar-refractivity contribution in [3.63, 3.8) is 0 Å². The summed E-state index contributed by atoms with van der Waals surface area (Å²) in [4.78, 5) is 25.9. The summed E-state index contributed by atoms with van der Waals surface area (Å²) in [6.45, 7) is 10.4. The van der Waals surface area contributed by atoms with Crippen LogP contribution in [0.2, 0.25) is 0 Å². The monoisotopic (exact) mass is 392 g/mol. The van der Waals surface area contributed by atoms with Crippen LogP contribution in [0.15, 0.2) is 30.6 Å². The van der Waals surface area contributed by atoms with Crippen molar-refractivity contribution in [2.45, 2.75) is 40.2 Å². The van der Waals surface area contributed by atoms with Crippen LogP contribution in [-0.2, 0) is 17.8 Å². The molecule has 1 saturated heterocycles. The summed E-state index contributed by atoms with van der Waals surface area (Å²) < 4.78 is 1.89. The summed E-state index contributed by atoms with van der Waals surface area (Å²) in [6, 6.07) is 6.09. The van der Waals surface area contributed by atoms with E-state index in [1.54, 1.807) is 0 Å². The minimum atomic E-state index is 0.226. The summed E-state index contributed by atoms with van der Waals surface area (Å²) in [6.07, 6.45) is 4.88. The summed E-state index contributed by atoms with van der Waals surface area (Å²) in [5.41, 5.74) is 6.30. The highest BCUT2D eigenvalue weighted by molar-refractivity contribution is 5.76. The van der Waals surface area contributed by atoms with Gasteiger partial charge in [0.1, 0.15) is 0 Å². The number of pyridine rings is 1. The topological polar surface area (TPSA) is 66.6 Å². The first-order valence-electron chi connectivity index (χ1n) is 10.2. The van der Waals surface area contributed by atoms with Gasteiger partial charge >= 0.3 is 0 Å². The van der Waals surface area contributed by atoms with E-state index in [2.05, 4.69) is 26.9 Å². The van der Waals surface area contributed by atoms with Crippen molar-refractivity contribution in [2.24, 2.45) is 0 Å². The summed E-state index contributed by atoms with van der Waals surface area (Å²) >= 11 is 0. The maximum absolute atomic E-state index is 12.8. The molecule has 0 saturated carbocycles. The average Bonchev–Trinajstić information content (AvgIpc) is 3.09. The minimum Gasteiger partial charge on any atom is -0.340 e. The van der Waals surface area contributed by atoms with Crippen molar-refractivity contribution in [3.8, 4) is 0 Å². The second kappa shape index (κ2) is 8.29. The van der Waals surface area contributed by atoms with E-state index in [-0.39, 0.29) is 5.91 Å². The zero-order valence-corrected chi connectivity index (χ0v) is 17.4. The van der Waals surface area contributed by atoms with Crippen LogP contribution in [0.4, 0.5) is 0 Å². The number of rotatable bonds is 5. The van der Waals surface area contributed by atoms with Crippen molar-refractivity contribution < 1.29 is 4.79 Å². The maximum Gasteiger partial charge on any atom is 0.222 e. The Balaban J connectivity index is 1.33. The second-order valence-electron chi connectivity index (χ2n) is 7.83. The molecular weight excluding hydrogens is 364 g/mol. The van der Waals surface area contributed by atoms with Gasteiger partial charge in [-0.2, -0.15) is 5.10 Å². The average molecular weight is 393 g/mol. The van der Waals surface area contributed by atoms with Gasteiger partial charge in [-0.25, -0.2) is 9.50 Å². The van der Waals surface area contributed by atoms with Crippen molar-refractivity contribution in [2.75, 3.05) is 26.2 Å². The van der Waals surface area contributed by atoms with Gasteiger partial charge in [-0.05, 0) is 50.5 Å². The molecule has 1 aliphatic heterocycles. The highest BCUT2D eigenvalue weighted by Crippen LogP contribution is 2.18. The largest absolute Gasteiger partial charge is 0.340 e. The second-order valence-corrected chi connectivity index (χ2v) is 7.83. The van der Waals surface area contributed by atoms with Crippen LogP contribution >= 0.6 is 0 Å². The number of nitrogens with zero attached hydrogens (tertiary/aromatic N) is 6. The third-order valence-corrected chi connectivity index (χ3v) is 5.76. The minimum absolute atomic E-state index is 0.226. The lowest BCUT2D eigenvalue weighted by Crippen LogP contribution is -2.48. The van der Waals surface area contributed by atoms with Crippen LogP contribution in [0.5, 0.6) is 0 Å². The fourth-order valence-electron chi connectivity index (χ4n) is 4.09. The van der Waals surface area contributed by atoms with Crippen LogP contribution in [0.3, 0.4) is 0 Å². The number of amides is 1. The van der Waals surface area contributed by atoms with Gasteiger partial charge in [0.05, 0.1) is 5.69 Å². The zero-order valence-electron chi connectivity index (χ0n) is 17.4. The zero-order chi connectivity index (χ0) is 20.4. The van der Waals surface area contributed by atoms with Gasteiger partial charge in [0.15, 0.2) is 5.65 Å². The molecule has 0 radical (unpaired) electrons. The van der Waals surface area contributed by atoms with E-state index in [4.69, 9.17) is 0 Å². The van der Waals surface area contributed by atoms with E-state index >= 15 is 0 Å². The molecule has 0 aromatic carbocycles. The molecule has 0 spiro atoms. The first kappa shape index (κ1) is 19.5. The number of carbonyl (C=O) groups is 1. The number of hydrogen-bond donors (Lipinski definition) is 0. The first-order chi connectivity index (χ1) is 14.0. The van der Waals surface area contributed by atoms with Gasteiger partial charge in [0.2, 0.25) is 5.91 Å². The van der Waals surface area contributed by atoms with E-state index in [9.17, 15) is 4.79 Å². The Morgan fingerprint density at radius 2 is 1.79 bits per heavy atom. The predicted octanol–water partition coefficient (Wildman–Crippen LogP) is 2.33. The third-order valence-electron chi connectivity index (χ3n) is 5.76. The van der Waals surface area contributed by atoms with Crippen LogP contribution in [0, 0.1) is 20.8 Å². The molecule has 0 atom stereocenters. The molecule has 0 N–H and O–H groups in total. The lowest BCUT2D eigenvalue weighted by Gasteiger charge is -2.34. The van der Waals surface area contributed by atoms with Gasteiger partial charge in [-0.15, -0.1) is 0 Å². The number of aryl methyl sites for hydroxylation is 3. The van der Waals surface area contributed by atoms with Crippen molar-refractivity contribution >= 4 is 11.6 Å². The standard InChI is InChI=1S/C22H28N6O/c1-16-14-21-24-17(2)20(18(3)28(21)25-16)4-5-22(29)27-12-10-26(11-13-27)15-19-6-8-23-9-7-19/h6-9,14H,4-5,10-13,15H2,1-3H3. The number of piperazine rings is 1. The summed E-state index contributed by atoms with van der Waals surface area (Å²) in [5, 5.41) is 4.52. The Morgan fingerprint density at radius 3 is 2.52 bits per heavy atom. The Kier molecular flexibility index (Phi) is 5.58. The Labute approximate surface area is 171 Å². The highest BCUT2D eigenvalue weighted by Gasteiger charge is 2.22. The number of carbonyl (C=O) groups excluding carboxylic acids is 1. The molecule has 1 amide bonds. The molecule has 0 aliphatic carbocycles. The lowest BCUT2D eigenvalue weighted by molar-refractivity contribution is -0.133. The smallest absolute Gasteiger partial charge is 0.222 e. The fourth-order valence-corrected chi connectivity index (χ4v) is 4.09. The van der Waals surface area contributed by atoms with Gasteiger partial charge in [0.25, 0.3) is 0 Å². The molecule has 3 aromatic rings. The Bertz CT molecular complexity index is 1010. The molecular formula is C22H28N6O. The van der Waals surface area contributed by atoms with E-state index in [1.807, 2.05) is 53.9 Å². The molecule has 4 heterocycles. The molecule has 1 aliphatic rings. The number of fused-ring (bicyclic) bond motifs is 1. The van der Waals surface area contributed by atoms with E-state index in [1.165, 1.54) is 5.56 Å². The fraction of sp³-hybridized carbons (Fsp3) is 0.455. The summed E-state index contributed by atoms with van der Waals surface area (Å²) in [7, 11) is 0. The first-order valence-corrected chi connectivity index (χ1v) is 10.2. The van der Waals surface area contributed by atoms with Crippen molar-refractivity contribution in [1.82, 2.24) is 29.4 Å². The number of aromatic nitrogens is 4. The van der Waals surface area contributed by atoms with Crippen molar-refractivity contribution in [1.29, 1.82) is 0 Å². The lowest BCUT2D eigenvalue weighted by atomic mass is 10.1. The van der Waals surface area contributed by atoms with E-state index in [0.29, 0.717) is 12.8 Å². The normalized spacial score (nSPS) is 15.2. The SMILES string of the molecule is Cc1cc2nc(C)c(CCC(=O)N3CCN(Cc4ccncc4)CC3)c(C)n2n1. The Morgan fingerprint density at radius 1 is 1.07 bits per heavy atom. The molecule has 4 rings (SSSR count). The van der Waals surface area contributed by atoms with E-state index < -0.39 is 0 Å². The third kappa shape index (κ3) is 4.29. The predicted molar refractivity (Wildman–Crippen MR) is 112 cm³/mol. The molecule has 7 heteroatoms. The molecule has 3 aromatic heterocycles. The highest BCUT2D eigenvalue weighted by atomic mass is 16.2. The quantitative estimate of drug-likeness (QED) is 0.667. The Hall–Kier alpha value is -2.80. The van der Waals surface area contributed by atoms with Gasteiger partial charge in [-0.1, -0.05) is 0 Å². The molecule has 7 nitrogen and oxygen atoms in total. The van der Waals surface area contributed by atoms with Crippen LogP contribution in [0.25, 0.3) is 5.65 Å². The molecule has 0 unspecified atom stereocenters. The van der Waals surface area contributed by atoms with Crippen LogP contribution < -0.4 is 0 Å². The molecule has 0 bridgehead atoms. The van der Waals surface area contributed by atoms with Crippen molar-refractivity contribution in [3.05, 3.63) is 58.8 Å². The molecule has 152 valence electrons. The van der Waals surface area contributed by atoms with E-state index in [0.717, 1.165) is 61.0 Å². The maximum atomic E-state index is 12.8. The van der Waals surface area contributed by atoms with Gasteiger partial charge in [-0.3, -0.25) is 14.7 Å². The number of hydrogen-bond acceptors (Lipinski definition) is 5.